The Morgan fingerprint density at radius 1 is 0.405 bits per heavy atom. The summed E-state index contributed by atoms with van der Waals surface area (Å²) in [5.41, 5.74) is 25.8. The Bertz CT molecular complexity index is 5360. The van der Waals surface area contributed by atoms with E-state index in [4.69, 9.17) is 17.2 Å². The molecule has 2 saturated carbocycles. The minimum absolute atomic E-state index is 0. The van der Waals surface area contributed by atoms with Crippen LogP contribution in [0.4, 0.5) is 63.6 Å². The molecule has 37 nitrogen and oxygen atoms in total. The third-order valence-corrected chi connectivity index (χ3v) is 25.2. The van der Waals surface area contributed by atoms with Crippen LogP contribution in [0.2, 0.25) is 0 Å². The molecule has 39 heteroatoms. The van der Waals surface area contributed by atoms with Crippen molar-refractivity contribution in [2.24, 2.45) is 11.8 Å². The Labute approximate surface area is 754 Å². The largest absolute Gasteiger partial charge is 1.00 e. The van der Waals surface area contributed by atoms with Gasteiger partial charge in [0.05, 0.1) is 4.47 Å². The molecule has 0 unspecified atom stereocenters. The summed E-state index contributed by atoms with van der Waals surface area (Å²) in [5.74, 6) is 3.53. The minimum atomic E-state index is -0.668. The first-order chi connectivity index (χ1) is 55.7. The van der Waals surface area contributed by atoms with Gasteiger partial charge in [0.15, 0.2) is 0 Å². The minimum Gasteiger partial charge on any atom is -0.870 e. The van der Waals surface area contributed by atoms with E-state index in [1.807, 2.05) is 63.1 Å². The standard InChI is InChI=1S/C22H29N7O2.2C18H23N7O2.C13H18BrN3O.C9H12N4O.2CH4.K.H2O/c1-13-10-16(21(31)29-17(13)11-25-22(29)6-8-28(3)9-7-22)26-18-14(2)19(24-12-23-18)27-20(30)15-4-5-15;2*1-10-8-12(22-15-11(2)14(19)20-9-21-15)17(27)25-13(10)16(26)23-18(25)4-6-24(3)7-5-18;1-9-7-10(14)12(18)17-11(9)8-15-13(17)3-5-16(2)6-4-13;1-5-7(10)11-4-12-8(5)13-9(14)6-2-3-6;;;;/h10,12,15,25H,4-9,11H2,1-3H3,(H2,23,24,26,27,30);2*8-9H,4-7H2,1-3H3,(H,23,26)(H3,19,20,21,22);7,15H,3-6,8H2,1-2H3;4,6H,2-3H2,1H3,(H3,10,11,12,13,14);2*1H4;;1H2/q;;;;;;;+1;/p-1. The quantitative estimate of drug-likeness (QED) is 0.0872. The van der Waals surface area contributed by atoms with E-state index < -0.39 is 11.3 Å². The molecule has 18 rings (SSSR count). The average Bonchev–Trinajstić information content (AvgIpc) is 1.53. The summed E-state index contributed by atoms with van der Waals surface area (Å²) in [4.78, 5) is 143. The van der Waals surface area contributed by atoms with E-state index in [0.29, 0.717) is 128 Å². The summed E-state index contributed by atoms with van der Waals surface area (Å²) in [6.45, 7) is 23.7. The van der Waals surface area contributed by atoms with Gasteiger partial charge in [-0.05, 0) is 197 Å². The predicted molar refractivity (Wildman–Crippen MR) is 465 cm³/mol. The molecule has 0 atom stereocenters. The van der Waals surface area contributed by atoms with Crippen molar-refractivity contribution in [3.8, 4) is 0 Å². The molecule has 8 aliphatic heterocycles. The zero-order valence-electron chi connectivity index (χ0n) is 69.8. The number of piperidine rings is 4. The number of nitrogen functional groups attached to an aromatic ring is 3. The number of hydrogen-bond donors (Lipinski definition) is 12. The van der Waals surface area contributed by atoms with Crippen molar-refractivity contribution in [1.82, 2.24) is 99.0 Å². The Hall–Kier alpha value is -9.36. The summed E-state index contributed by atoms with van der Waals surface area (Å²) >= 11 is 3.39. The van der Waals surface area contributed by atoms with E-state index in [9.17, 15) is 38.4 Å². The number of carbonyl (C=O) groups is 4. The van der Waals surface area contributed by atoms with Crippen molar-refractivity contribution >= 4 is 103 Å². The Morgan fingerprint density at radius 3 is 1.04 bits per heavy atom. The van der Waals surface area contributed by atoms with Crippen molar-refractivity contribution in [2.75, 3.05) is 124 Å². The van der Waals surface area contributed by atoms with Crippen LogP contribution in [-0.4, -0.2) is 187 Å². The van der Waals surface area contributed by atoms with Crippen LogP contribution in [0, 0.1) is 67.2 Å². The fraction of sp³-hybridized carbons (Fsp3) is 0.512. The second-order valence-corrected chi connectivity index (χ2v) is 33.7. The van der Waals surface area contributed by atoms with Crippen molar-refractivity contribution in [2.45, 2.75) is 183 Å². The van der Waals surface area contributed by atoms with Crippen LogP contribution in [-0.2, 0) is 45.3 Å². The number of anilines is 11. The van der Waals surface area contributed by atoms with Crippen LogP contribution in [0.1, 0.15) is 169 Å². The van der Waals surface area contributed by atoms with E-state index in [0.717, 1.165) is 144 Å². The first kappa shape index (κ1) is 93.9. The second kappa shape index (κ2) is 37.8. The van der Waals surface area contributed by atoms with Crippen molar-refractivity contribution in [3.05, 3.63) is 163 Å². The molecule has 8 aromatic heterocycles. The number of aromatic nitrogens is 12. The van der Waals surface area contributed by atoms with E-state index in [-0.39, 0.29) is 141 Å². The molecule has 16 heterocycles. The van der Waals surface area contributed by atoms with E-state index in [1.165, 1.54) is 30.9 Å². The number of hydrogen-bond acceptors (Lipinski definition) is 29. The zero-order chi connectivity index (χ0) is 83.5. The molecule has 4 amide bonds. The van der Waals surface area contributed by atoms with Crippen molar-refractivity contribution in [3.63, 3.8) is 0 Å². The number of rotatable bonds is 10. The summed E-state index contributed by atoms with van der Waals surface area (Å²) in [7, 11) is 8.33. The monoisotopic (exact) mass is 1750 g/mol. The number of pyridine rings is 4. The van der Waals surface area contributed by atoms with Crippen molar-refractivity contribution < 1.29 is 76.0 Å². The third kappa shape index (κ3) is 18.9. The summed E-state index contributed by atoms with van der Waals surface area (Å²) < 4.78 is 7.91. The first-order valence-electron chi connectivity index (χ1n) is 39.8. The Morgan fingerprint density at radius 2 is 0.686 bits per heavy atom. The number of likely N-dealkylation sites (tertiary alicyclic amines) is 4. The maximum absolute atomic E-state index is 13.6. The topological polar surface area (TPSA) is 489 Å². The molecule has 6 fully saturated rings. The van der Waals surface area contributed by atoms with Gasteiger partial charge in [-0.25, -0.2) is 39.9 Å². The van der Waals surface area contributed by atoms with Gasteiger partial charge < -0.3 is 79.5 Å². The molecular formula is C82H114BrKN28O9. The van der Waals surface area contributed by atoms with E-state index in [1.54, 1.807) is 42.0 Å². The van der Waals surface area contributed by atoms with Crippen LogP contribution in [0.3, 0.4) is 0 Å². The smallest absolute Gasteiger partial charge is 0.870 e. The maximum Gasteiger partial charge on any atom is 1.00 e. The Balaban J connectivity index is 0.000000161. The SMILES string of the molecule is C.C.Cc1c(N)ncnc1NC(=O)C1CC1.Cc1cc(Br)c(=O)n2c1CNC21CCN(C)CC1.Cc1cc(Nc2ncnc(N)c2C)c(=O)n2c1C(=O)NC21CCN(C)CC1.Cc1cc(Nc2ncnc(N)c2C)c(=O)n2c1C(=O)NC21CCN(C)CC1.Cc1cc(Nc2ncnc(NC(=O)C3CC3)c2C)c(=O)n2c1CNC21CCN(C)CC1.[K+].[OH-]. The molecule has 4 spiro atoms. The van der Waals surface area contributed by atoms with Gasteiger partial charge in [-0.15, -0.1) is 0 Å². The first-order valence-corrected chi connectivity index (χ1v) is 40.6. The fourth-order valence-electron chi connectivity index (χ4n) is 16.7. The molecular weight excluding hydrogens is 1640 g/mol. The van der Waals surface area contributed by atoms with Gasteiger partial charge in [-0.2, -0.15) is 0 Å². The molecule has 0 radical (unpaired) electrons. The van der Waals surface area contributed by atoms with Gasteiger partial charge in [-0.3, -0.25) is 67.3 Å². The molecule has 4 saturated heterocycles. The number of nitrogens with zero attached hydrogens (tertiary/aromatic N) is 16. The van der Waals surface area contributed by atoms with Crippen LogP contribution in [0.5, 0.6) is 0 Å². The van der Waals surface area contributed by atoms with Crippen molar-refractivity contribution in [1.29, 1.82) is 0 Å². The van der Waals surface area contributed by atoms with Gasteiger partial charge in [0.1, 0.15) is 123 Å². The molecule has 2 aliphatic carbocycles. The summed E-state index contributed by atoms with van der Waals surface area (Å²) in [6.07, 6.45) is 15.8. The summed E-state index contributed by atoms with van der Waals surface area (Å²) in [6, 6.07) is 7.22. The molecule has 121 heavy (non-hydrogen) atoms. The van der Waals surface area contributed by atoms with Crippen LogP contribution in [0.15, 0.2) is 73.2 Å². The fourth-order valence-corrected chi connectivity index (χ4v) is 17.3. The molecule has 644 valence electrons. The number of aryl methyl sites for hydroxylation is 4. The van der Waals surface area contributed by atoms with Gasteiger partial charge in [0.25, 0.3) is 34.1 Å². The normalized spacial score (nSPS) is 18.4. The van der Waals surface area contributed by atoms with Gasteiger partial charge >= 0.3 is 51.4 Å². The van der Waals surface area contributed by atoms with Gasteiger partial charge in [0, 0.05) is 137 Å². The number of fused-ring (bicyclic) bond motifs is 8. The number of nitrogens with two attached hydrogens (primary N) is 3. The van der Waals surface area contributed by atoms with Crippen LogP contribution in [0.25, 0.3) is 0 Å². The van der Waals surface area contributed by atoms with Gasteiger partial charge in [-0.1, -0.05) is 14.9 Å². The van der Waals surface area contributed by atoms with E-state index >= 15 is 0 Å². The van der Waals surface area contributed by atoms with Crippen LogP contribution < -0.4 is 139 Å². The average molecular weight is 1760 g/mol. The molecule has 16 N–H and O–H groups in total. The second-order valence-electron chi connectivity index (χ2n) is 32.8. The maximum atomic E-state index is 13.6. The molecule has 0 aromatic carbocycles. The molecule has 10 aliphatic rings. The van der Waals surface area contributed by atoms with Crippen LogP contribution >= 0.6 is 15.9 Å². The van der Waals surface area contributed by atoms with Gasteiger partial charge in [0.2, 0.25) is 11.8 Å². The molecule has 8 aromatic rings. The van der Waals surface area contributed by atoms with E-state index in [2.05, 4.69) is 144 Å². The number of halogens is 1. The third-order valence-electron chi connectivity index (χ3n) is 24.6. The predicted octanol–water partition coefficient (Wildman–Crippen LogP) is 3.45. The number of carbonyl (C=O) groups excluding carboxylic acids is 4. The number of nitrogens with one attached hydrogen (secondary N) is 9. The molecule has 0 bridgehead atoms. The zero-order valence-corrected chi connectivity index (χ0v) is 74.5. The Kier molecular flexibility index (Phi) is 29.3. The summed E-state index contributed by atoms with van der Waals surface area (Å²) in [5, 5.41) is 28.4. The number of amides is 4.